The molecule has 9 heteroatoms. The number of benzene rings is 2. The highest BCUT2D eigenvalue weighted by molar-refractivity contribution is 6.00. The Morgan fingerprint density at radius 2 is 2.00 bits per heavy atom. The summed E-state index contributed by atoms with van der Waals surface area (Å²) in [6.45, 7) is 3.80. The van der Waals surface area contributed by atoms with Crippen LogP contribution in [-0.4, -0.2) is 36.5 Å². The molecule has 1 saturated carbocycles. The number of H-pyrrole nitrogens is 1. The quantitative estimate of drug-likeness (QED) is 0.396. The van der Waals surface area contributed by atoms with Gasteiger partial charge in [-0.25, -0.2) is 18.0 Å². The number of aromatic amines is 1. The molecular formula is C24H22F3N3O3. The zero-order valence-corrected chi connectivity index (χ0v) is 18.0. The number of hydrogen-bond donors (Lipinski definition) is 3. The zero-order chi connectivity index (χ0) is 23.7. The number of carboxylic acid groups (broad SMARTS) is 1. The van der Waals surface area contributed by atoms with Crippen LogP contribution in [-0.2, 0) is 4.79 Å². The number of rotatable bonds is 4. The van der Waals surface area contributed by atoms with Crippen molar-refractivity contribution < 1.29 is 28.2 Å². The zero-order valence-electron chi connectivity index (χ0n) is 18.0. The molecule has 5 rings (SSSR count). The summed E-state index contributed by atoms with van der Waals surface area (Å²) in [4.78, 5) is 11.7. The molecule has 0 saturated heterocycles. The minimum atomic E-state index is -1.90. The van der Waals surface area contributed by atoms with Crippen LogP contribution in [0, 0.1) is 17.5 Å². The molecule has 4 aromatic rings. The van der Waals surface area contributed by atoms with Gasteiger partial charge in [0.2, 0.25) is 0 Å². The van der Waals surface area contributed by atoms with E-state index in [1.807, 2.05) is 13.8 Å². The Morgan fingerprint density at radius 3 is 2.64 bits per heavy atom. The Hall–Kier alpha value is -3.33. The van der Waals surface area contributed by atoms with E-state index >= 15 is 4.39 Å². The highest BCUT2D eigenvalue weighted by Crippen LogP contribution is 2.49. The van der Waals surface area contributed by atoms with Gasteiger partial charge in [-0.1, -0.05) is 13.8 Å². The number of halogens is 3. The number of aliphatic hydroxyl groups is 1. The smallest absolute Gasteiger partial charge is 0.335 e. The van der Waals surface area contributed by atoms with Crippen molar-refractivity contribution in [2.75, 3.05) is 0 Å². The number of aliphatic carboxylic acids is 1. The molecule has 1 aliphatic carbocycles. The fourth-order valence-corrected chi connectivity index (χ4v) is 5.20. The van der Waals surface area contributed by atoms with Gasteiger partial charge >= 0.3 is 5.97 Å². The van der Waals surface area contributed by atoms with Gasteiger partial charge in [0.15, 0.2) is 23.1 Å². The van der Waals surface area contributed by atoms with E-state index in [2.05, 4.69) is 10.2 Å². The molecule has 2 aromatic heterocycles. The van der Waals surface area contributed by atoms with Crippen molar-refractivity contribution in [1.82, 2.24) is 14.8 Å². The molecule has 0 spiro atoms. The Morgan fingerprint density at radius 1 is 1.24 bits per heavy atom. The van der Waals surface area contributed by atoms with Crippen molar-refractivity contribution in [2.45, 2.75) is 50.5 Å². The Labute approximate surface area is 186 Å². The lowest BCUT2D eigenvalue weighted by atomic mass is 9.89. The van der Waals surface area contributed by atoms with Gasteiger partial charge in [0.1, 0.15) is 5.52 Å². The summed E-state index contributed by atoms with van der Waals surface area (Å²) in [5.41, 5.74) is 0.308. The van der Waals surface area contributed by atoms with E-state index in [0.29, 0.717) is 34.3 Å². The van der Waals surface area contributed by atoms with Crippen LogP contribution >= 0.6 is 0 Å². The lowest BCUT2D eigenvalue weighted by molar-refractivity contribution is -0.157. The molecule has 0 aliphatic heterocycles. The van der Waals surface area contributed by atoms with Crippen LogP contribution in [0.2, 0.25) is 0 Å². The van der Waals surface area contributed by atoms with E-state index in [1.165, 1.54) is 12.3 Å². The van der Waals surface area contributed by atoms with Crippen molar-refractivity contribution in [3.63, 3.8) is 0 Å². The molecule has 0 amide bonds. The first-order valence-corrected chi connectivity index (χ1v) is 10.7. The number of nitrogens with one attached hydrogen (secondary N) is 1. The molecule has 172 valence electrons. The first kappa shape index (κ1) is 21.5. The van der Waals surface area contributed by atoms with Gasteiger partial charge in [0.05, 0.1) is 11.7 Å². The SMILES string of the molecule is CC(C)c1c([C@@H]2CC[C@@](O)(C(=O)O)C2)c2c(F)c3[nH]ncc3cc2n1-c1ccc(F)c(F)c1. The summed E-state index contributed by atoms with van der Waals surface area (Å²) in [5.74, 6) is -4.49. The van der Waals surface area contributed by atoms with E-state index < -0.39 is 34.9 Å². The molecule has 6 nitrogen and oxygen atoms in total. The third kappa shape index (κ3) is 3.13. The van der Waals surface area contributed by atoms with Gasteiger partial charge in [-0.05, 0) is 54.9 Å². The van der Waals surface area contributed by atoms with E-state index in [9.17, 15) is 23.8 Å². The lowest BCUT2D eigenvalue weighted by Gasteiger charge is -2.20. The highest BCUT2D eigenvalue weighted by Gasteiger charge is 2.46. The predicted octanol–water partition coefficient (Wildman–Crippen LogP) is 5.13. The second-order valence-corrected chi connectivity index (χ2v) is 9.08. The average Bonchev–Trinajstić information content (AvgIpc) is 3.46. The number of aromatic nitrogens is 3. The van der Waals surface area contributed by atoms with Crippen LogP contribution in [0.1, 0.15) is 56.2 Å². The number of fused-ring (bicyclic) bond motifs is 2. The van der Waals surface area contributed by atoms with Gasteiger partial charge in [0, 0.05) is 28.2 Å². The Bertz CT molecular complexity index is 1430. The number of hydrogen-bond acceptors (Lipinski definition) is 3. The van der Waals surface area contributed by atoms with Crippen LogP contribution in [0.15, 0.2) is 30.5 Å². The summed E-state index contributed by atoms with van der Waals surface area (Å²) in [5, 5.41) is 27.5. The molecule has 1 aliphatic rings. The second-order valence-electron chi connectivity index (χ2n) is 9.08. The maximum absolute atomic E-state index is 15.9. The molecule has 2 atom stereocenters. The molecule has 0 unspecified atom stereocenters. The van der Waals surface area contributed by atoms with Gasteiger partial charge in [-0.15, -0.1) is 0 Å². The molecular weight excluding hydrogens is 435 g/mol. The van der Waals surface area contributed by atoms with Gasteiger partial charge in [-0.3, -0.25) is 5.10 Å². The molecule has 33 heavy (non-hydrogen) atoms. The van der Waals surface area contributed by atoms with Gasteiger partial charge in [0.25, 0.3) is 0 Å². The second kappa shape index (κ2) is 7.34. The van der Waals surface area contributed by atoms with Crippen LogP contribution in [0.4, 0.5) is 13.2 Å². The van der Waals surface area contributed by atoms with E-state index in [0.717, 1.165) is 12.1 Å². The molecule has 2 aromatic carbocycles. The van der Waals surface area contributed by atoms with E-state index in [4.69, 9.17) is 0 Å². The molecule has 0 radical (unpaired) electrons. The van der Waals surface area contributed by atoms with E-state index in [1.54, 1.807) is 10.6 Å². The van der Waals surface area contributed by atoms with E-state index in [-0.39, 0.29) is 29.7 Å². The normalized spacial score (nSPS) is 21.0. The van der Waals surface area contributed by atoms with Crippen LogP contribution in [0.5, 0.6) is 0 Å². The maximum atomic E-state index is 15.9. The highest BCUT2D eigenvalue weighted by atomic mass is 19.2. The minimum Gasteiger partial charge on any atom is -0.479 e. The predicted molar refractivity (Wildman–Crippen MR) is 116 cm³/mol. The summed E-state index contributed by atoms with van der Waals surface area (Å²) < 4.78 is 45.5. The summed E-state index contributed by atoms with van der Waals surface area (Å²) >= 11 is 0. The van der Waals surface area contributed by atoms with Crippen molar-refractivity contribution in [1.29, 1.82) is 0 Å². The minimum absolute atomic E-state index is 0.0380. The summed E-state index contributed by atoms with van der Waals surface area (Å²) in [7, 11) is 0. The maximum Gasteiger partial charge on any atom is 0.335 e. The third-order valence-corrected chi connectivity index (χ3v) is 6.69. The fourth-order valence-electron chi connectivity index (χ4n) is 5.20. The average molecular weight is 457 g/mol. The number of carbonyl (C=O) groups is 1. The van der Waals surface area contributed by atoms with Crippen molar-refractivity contribution in [3.05, 3.63) is 59.2 Å². The molecule has 1 fully saturated rings. The van der Waals surface area contributed by atoms with Crippen molar-refractivity contribution in [2.24, 2.45) is 0 Å². The molecule has 2 heterocycles. The first-order chi connectivity index (χ1) is 15.6. The third-order valence-electron chi connectivity index (χ3n) is 6.69. The Kier molecular flexibility index (Phi) is 4.79. The van der Waals surface area contributed by atoms with Gasteiger partial charge in [-0.2, -0.15) is 5.10 Å². The molecule has 0 bridgehead atoms. The largest absolute Gasteiger partial charge is 0.479 e. The Balaban J connectivity index is 1.88. The lowest BCUT2D eigenvalue weighted by Crippen LogP contribution is -2.35. The van der Waals surface area contributed by atoms with Gasteiger partial charge < -0.3 is 14.8 Å². The van der Waals surface area contributed by atoms with Crippen LogP contribution in [0.3, 0.4) is 0 Å². The molecule has 3 N–H and O–H groups in total. The monoisotopic (exact) mass is 457 g/mol. The van der Waals surface area contributed by atoms with Crippen LogP contribution in [0.25, 0.3) is 27.5 Å². The number of carboxylic acids is 1. The summed E-state index contributed by atoms with van der Waals surface area (Å²) in [6.07, 6.45) is 1.80. The van der Waals surface area contributed by atoms with Crippen molar-refractivity contribution in [3.8, 4) is 5.69 Å². The summed E-state index contributed by atoms with van der Waals surface area (Å²) in [6, 6.07) is 5.23. The first-order valence-electron chi connectivity index (χ1n) is 10.7. The standard InChI is InChI=1S/C24H22F3N3O3/c1-11(2)22-18(12-5-6-24(33,9-12)23(31)32)19-17(7-13-10-28-29-21(13)20(19)27)30(22)14-3-4-15(25)16(26)8-14/h3-4,7-8,10-12,33H,5-6,9H2,1-2H3,(H,28,29)(H,31,32)/t12-,24+/m1/s1. The van der Waals surface area contributed by atoms with Crippen LogP contribution < -0.4 is 0 Å². The van der Waals surface area contributed by atoms with Crippen molar-refractivity contribution >= 4 is 27.8 Å². The fraction of sp³-hybridized carbons (Fsp3) is 0.333. The topological polar surface area (TPSA) is 91.1 Å². The number of nitrogens with zero attached hydrogens (tertiary/aromatic N) is 2.